The highest BCUT2D eigenvalue weighted by atomic mass is 16.6. The number of ether oxygens (including phenoxy) is 1. The molecule has 0 amide bonds. The summed E-state index contributed by atoms with van der Waals surface area (Å²) < 4.78 is 5.31. The van der Waals surface area contributed by atoms with Crippen molar-refractivity contribution in [2.45, 2.75) is 52.1 Å². The molecule has 0 saturated carbocycles. The van der Waals surface area contributed by atoms with Crippen molar-refractivity contribution < 1.29 is 14.6 Å². The molecular formula is C11H20O3. The van der Waals surface area contributed by atoms with Crippen molar-refractivity contribution in [3.05, 3.63) is 0 Å². The predicted molar refractivity (Wildman–Crippen MR) is 53.8 cm³/mol. The van der Waals surface area contributed by atoms with Gasteiger partial charge in [-0.3, -0.25) is 4.79 Å². The molecule has 1 fully saturated rings. The maximum absolute atomic E-state index is 11.6. The SMILES string of the molecule is CCC1(CC)CC(CCCO)OC1=O. The van der Waals surface area contributed by atoms with Crippen molar-refractivity contribution in [2.24, 2.45) is 5.41 Å². The van der Waals surface area contributed by atoms with Gasteiger partial charge in [-0.15, -0.1) is 0 Å². The molecule has 1 rings (SSSR count). The van der Waals surface area contributed by atoms with E-state index >= 15 is 0 Å². The van der Waals surface area contributed by atoms with Crippen LogP contribution >= 0.6 is 0 Å². The first-order valence-electron chi connectivity index (χ1n) is 5.50. The number of aliphatic hydroxyl groups is 1. The zero-order valence-electron chi connectivity index (χ0n) is 9.08. The Balaban J connectivity index is 2.54. The third-order valence-electron chi connectivity index (χ3n) is 3.36. The van der Waals surface area contributed by atoms with Crippen molar-refractivity contribution in [3.63, 3.8) is 0 Å². The van der Waals surface area contributed by atoms with E-state index in [0.717, 1.165) is 32.1 Å². The Morgan fingerprint density at radius 1 is 1.50 bits per heavy atom. The molecule has 3 heteroatoms. The first-order valence-corrected chi connectivity index (χ1v) is 5.50. The van der Waals surface area contributed by atoms with Crippen LogP contribution in [0.25, 0.3) is 0 Å². The molecular weight excluding hydrogens is 180 g/mol. The van der Waals surface area contributed by atoms with Crippen molar-refractivity contribution in [1.29, 1.82) is 0 Å². The zero-order valence-corrected chi connectivity index (χ0v) is 9.08. The minimum atomic E-state index is -0.236. The van der Waals surface area contributed by atoms with Gasteiger partial charge in [0.1, 0.15) is 6.10 Å². The molecule has 1 saturated heterocycles. The summed E-state index contributed by atoms with van der Waals surface area (Å²) in [7, 11) is 0. The molecule has 1 aliphatic heterocycles. The summed E-state index contributed by atoms with van der Waals surface area (Å²) in [5.74, 6) is -0.0366. The normalized spacial score (nSPS) is 25.1. The minimum Gasteiger partial charge on any atom is -0.462 e. The quantitative estimate of drug-likeness (QED) is 0.689. The Kier molecular flexibility index (Phi) is 3.93. The molecule has 0 aromatic carbocycles. The van der Waals surface area contributed by atoms with Crippen LogP contribution < -0.4 is 0 Å². The summed E-state index contributed by atoms with van der Waals surface area (Å²) >= 11 is 0. The van der Waals surface area contributed by atoms with E-state index in [-0.39, 0.29) is 24.1 Å². The van der Waals surface area contributed by atoms with Gasteiger partial charge in [0, 0.05) is 13.0 Å². The first-order chi connectivity index (χ1) is 6.68. The molecule has 0 bridgehead atoms. The fraction of sp³-hybridized carbons (Fsp3) is 0.909. The summed E-state index contributed by atoms with van der Waals surface area (Å²) in [6.07, 6.45) is 4.11. The number of aliphatic hydroxyl groups excluding tert-OH is 1. The third-order valence-corrected chi connectivity index (χ3v) is 3.36. The molecule has 1 heterocycles. The molecule has 0 spiro atoms. The minimum absolute atomic E-state index is 0.0366. The van der Waals surface area contributed by atoms with Gasteiger partial charge in [0.15, 0.2) is 0 Å². The molecule has 3 nitrogen and oxygen atoms in total. The van der Waals surface area contributed by atoms with Gasteiger partial charge in [-0.2, -0.15) is 0 Å². The standard InChI is InChI=1S/C11H20O3/c1-3-11(4-2)8-9(6-5-7-12)14-10(11)13/h9,12H,3-8H2,1-2H3. The fourth-order valence-electron chi connectivity index (χ4n) is 2.14. The molecule has 0 aromatic rings. The van der Waals surface area contributed by atoms with Crippen molar-refractivity contribution >= 4 is 5.97 Å². The van der Waals surface area contributed by atoms with Crippen LogP contribution in [0.3, 0.4) is 0 Å². The topological polar surface area (TPSA) is 46.5 Å². The largest absolute Gasteiger partial charge is 0.462 e. The summed E-state index contributed by atoms with van der Waals surface area (Å²) in [6, 6.07) is 0. The predicted octanol–water partition coefficient (Wildman–Crippen LogP) is 1.88. The van der Waals surface area contributed by atoms with Crippen LogP contribution in [-0.4, -0.2) is 23.8 Å². The molecule has 0 aliphatic carbocycles. The van der Waals surface area contributed by atoms with Gasteiger partial charge >= 0.3 is 5.97 Å². The van der Waals surface area contributed by atoms with E-state index in [4.69, 9.17) is 9.84 Å². The summed E-state index contributed by atoms with van der Waals surface area (Å²) in [6.45, 7) is 4.26. The number of carbonyl (C=O) groups is 1. The monoisotopic (exact) mass is 200 g/mol. The second-order valence-electron chi connectivity index (χ2n) is 4.08. The molecule has 1 unspecified atom stereocenters. The van der Waals surface area contributed by atoms with Gasteiger partial charge in [-0.05, 0) is 25.7 Å². The van der Waals surface area contributed by atoms with Gasteiger partial charge in [-0.1, -0.05) is 13.8 Å². The van der Waals surface area contributed by atoms with E-state index in [0.29, 0.717) is 0 Å². The van der Waals surface area contributed by atoms with E-state index in [1.54, 1.807) is 0 Å². The van der Waals surface area contributed by atoms with Gasteiger partial charge in [0.2, 0.25) is 0 Å². The highest BCUT2D eigenvalue weighted by Gasteiger charge is 2.45. The summed E-state index contributed by atoms with van der Waals surface area (Å²) in [4.78, 5) is 11.6. The van der Waals surface area contributed by atoms with Gasteiger partial charge in [-0.25, -0.2) is 0 Å². The Bertz CT molecular complexity index is 197. The fourth-order valence-corrected chi connectivity index (χ4v) is 2.14. The highest BCUT2D eigenvalue weighted by Crippen LogP contribution is 2.41. The van der Waals surface area contributed by atoms with Gasteiger partial charge in [0.25, 0.3) is 0 Å². The number of rotatable bonds is 5. The molecule has 82 valence electrons. The lowest BCUT2D eigenvalue weighted by Gasteiger charge is -2.19. The number of hydrogen-bond acceptors (Lipinski definition) is 3. The Morgan fingerprint density at radius 3 is 2.57 bits per heavy atom. The van der Waals surface area contributed by atoms with Crippen LogP contribution in [-0.2, 0) is 9.53 Å². The van der Waals surface area contributed by atoms with Crippen molar-refractivity contribution in [3.8, 4) is 0 Å². The first kappa shape index (κ1) is 11.5. The lowest BCUT2D eigenvalue weighted by atomic mass is 9.79. The second-order valence-corrected chi connectivity index (χ2v) is 4.08. The number of cyclic esters (lactones) is 1. The van der Waals surface area contributed by atoms with Crippen LogP contribution in [0.5, 0.6) is 0 Å². The molecule has 1 atom stereocenters. The average molecular weight is 200 g/mol. The van der Waals surface area contributed by atoms with Crippen molar-refractivity contribution in [2.75, 3.05) is 6.61 Å². The second kappa shape index (κ2) is 4.78. The van der Waals surface area contributed by atoms with Crippen LogP contribution in [0.15, 0.2) is 0 Å². The maximum atomic E-state index is 11.6. The lowest BCUT2D eigenvalue weighted by Crippen LogP contribution is -2.24. The smallest absolute Gasteiger partial charge is 0.312 e. The van der Waals surface area contributed by atoms with Gasteiger partial charge < -0.3 is 9.84 Å². The molecule has 1 N–H and O–H groups in total. The van der Waals surface area contributed by atoms with E-state index in [1.807, 2.05) is 13.8 Å². The number of carbonyl (C=O) groups excluding carboxylic acids is 1. The van der Waals surface area contributed by atoms with Crippen LogP contribution in [0.4, 0.5) is 0 Å². The van der Waals surface area contributed by atoms with Gasteiger partial charge in [0.05, 0.1) is 5.41 Å². The van der Waals surface area contributed by atoms with Crippen LogP contribution in [0, 0.1) is 5.41 Å². The Labute approximate surface area is 85.5 Å². The summed E-state index contributed by atoms with van der Waals surface area (Å²) in [5.41, 5.74) is -0.236. The molecule has 1 aliphatic rings. The Morgan fingerprint density at radius 2 is 2.14 bits per heavy atom. The van der Waals surface area contributed by atoms with Crippen LogP contribution in [0.1, 0.15) is 46.0 Å². The number of esters is 1. The van der Waals surface area contributed by atoms with Crippen molar-refractivity contribution in [1.82, 2.24) is 0 Å². The Hall–Kier alpha value is -0.570. The van der Waals surface area contributed by atoms with E-state index in [1.165, 1.54) is 0 Å². The molecule has 0 aromatic heterocycles. The highest BCUT2D eigenvalue weighted by molar-refractivity contribution is 5.78. The number of hydrogen-bond donors (Lipinski definition) is 1. The molecule has 0 radical (unpaired) electrons. The van der Waals surface area contributed by atoms with Crippen LogP contribution in [0.2, 0.25) is 0 Å². The zero-order chi connectivity index (χ0) is 10.6. The van der Waals surface area contributed by atoms with E-state index in [2.05, 4.69) is 0 Å². The van der Waals surface area contributed by atoms with E-state index < -0.39 is 0 Å². The average Bonchev–Trinajstić information content (AvgIpc) is 2.53. The third kappa shape index (κ3) is 2.08. The maximum Gasteiger partial charge on any atom is 0.312 e. The van der Waals surface area contributed by atoms with E-state index in [9.17, 15) is 4.79 Å². The molecule has 14 heavy (non-hydrogen) atoms. The summed E-state index contributed by atoms with van der Waals surface area (Å²) in [5, 5.41) is 8.70. The lowest BCUT2D eigenvalue weighted by molar-refractivity contribution is -0.149.